The van der Waals surface area contributed by atoms with E-state index >= 15 is 0 Å². The van der Waals surface area contributed by atoms with Gasteiger partial charge in [-0.15, -0.1) is 0 Å². The van der Waals surface area contributed by atoms with Gasteiger partial charge in [0.1, 0.15) is 9.92 Å². The van der Waals surface area contributed by atoms with Crippen LogP contribution in [0.5, 0.6) is 0 Å². The number of pyridine rings is 1. The Balaban J connectivity index is 1.21. The molecule has 9 nitrogen and oxygen atoms in total. The zero-order valence-electron chi connectivity index (χ0n) is 20.7. The molecule has 38 heavy (non-hydrogen) atoms. The van der Waals surface area contributed by atoms with Gasteiger partial charge in [0.05, 0.1) is 23.2 Å². The lowest BCUT2D eigenvalue weighted by atomic mass is 9.87. The van der Waals surface area contributed by atoms with Crippen molar-refractivity contribution in [3.05, 3.63) is 90.1 Å². The fourth-order valence-corrected chi connectivity index (χ4v) is 5.16. The largest absolute Gasteiger partial charge is 0.382 e. The van der Waals surface area contributed by atoms with Crippen LogP contribution in [-0.4, -0.2) is 33.4 Å². The third-order valence-corrected chi connectivity index (χ3v) is 6.98. The van der Waals surface area contributed by atoms with Crippen molar-refractivity contribution >= 4 is 49.5 Å². The summed E-state index contributed by atoms with van der Waals surface area (Å²) < 4.78 is 15.8. The molecule has 1 aliphatic carbocycles. The summed E-state index contributed by atoms with van der Waals surface area (Å²) in [6, 6.07) is 24.3. The molecule has 1 aromatic heterocycles. The Morgan fingerprint density at radius 2 is 1.82 bits per heavy atom. The predicted octanol–water partition coefficient (Wildman–Crippen LogP) is 5.02. The van der Waals surface area contributed by atoms with E-state index in [0.29, 0.717) is 16.8 Å². The highest BCUT2D eigenvalue weighted by atomic mass is 32.2. The van der Waals surface area contributed by atoms with Crippen LogP contribution in [-0.2, 0) is 9.92 Å². The molecule has 192 valence electrons. The number of nitrogens with zero attached hydrogens (tertiary/aromatic N) is 3. The molecule has 1 heterocycles. The van der Waals surface area contributed by atoms with Crippen molar-refractivity contribution in [3.63, 3.8) is 0 Å². The number of nitrogens with one attached hydrogen (secondary N) is 3. The van der Waals surface area contributed by atoms with Crippen molar-refractivity contribution < 1.29 is 9.00 Å². The van der Waals surface area contributed by atoms with Gasteiger partial charge in [0.2, 0.25) is 0 Å². The molecule has 10 heteroatoms. The van der Waals surface area contributed by atoms with Crippen LogP contribution in [0.3, 0.4) is 0 Å². The van der Waals surface area contributed by atoms with Crippen LogP contribution in [0.4, 0.5) is 22.7 Å². The average molecular weight is 526 g/mol. The predicted molar refractivity (Wildman–Crippen MR) is 152 cm³/mol. The molecule has 0 bridgehead atoms. The van der Waals surface area contributed by atoms with Crippen LogP contribution in [0.2, 0.25) is 0 Å². The molecule has 0 spiro atoms. The maximum atomic E-state index is 12.9. The van der Waals surface area contributed by atoms with Gasteiger partial charge in [0.15, 0.2) is 0 Å². The summed E-state index contributed by atoms with van der Waals surface area (Å²) in [7, 11) is -2.57. The Kier molecular flexibility index (Phi) is 6.96. The highest BCUT2D eigenvalue weighted by molar-refractivity contribution is 7.90. The summed E-state index contributed by atoms with van der Waals surface area (Å²) in [5, 5.41) is 25.3. The van der Waals surface area contributed by atoms with Gasteiger partial charge >= 0.3 is 0 Å². The fourth-order valence-electron chi connectivity index (χ4n) is 4.40. The first-order valence-corrected chi connectivity index (χ1v) is 14.1. The summed E-state index contributed by atoms with van der Waals surface area (Å²) in [5.41, 5.74) is 5.07. The minimum atomic E-state index is -2.57. The van der Waals surface area contributed by atoms with E-state index in [9.17, 15) is 14.3 Å². The quantitative estimate of drug-likeness (QED) is 0.267. The summed E-state index contributed by atoms with van der Waals surface area (Å²) >= 11 is 0. The van der Waals surface area contributed by atoms with Crippen molar-refractivity contribution in [3.8, 4) is 6.07 Å². The summed E-state index contributed by atoms with van der Waals surface area (Å²) in [6.07, 6.45) is 4.70. The van der Waals surface area contributed by atoms with Gasteiger partial charge in [-0.2, -0.15) is 5.26 Å². The smallest absolute Gasteiger partial charge is 0.255 e. The molecule has 5 rings (SSSR count). The standard InChI is InChI=1S/C28H27N7O2S/c1-38(30,37)35-24-15-23(16-24)32-21-3-2-4-22(14-21)34-28(36)19-6-8-20(9-7-19)33-27-11-12-31-26-10-5-18(17-29)13-25(26)27/h2-14,23-24,32H,15-16H2,1H3,(H,31,33)(H,34,36)(H2,30,35,37). The van der Waals surface area contributed by atoms with Gasteiger partial charge in [0, 0.05) is 52.2 Å². The van der Waals surface area contributed by atoms with Crippen LogP contribution >= 0.6 is 0 Å². The zero-order chi connectivity index (χ0) is 26.7. The number of carbonyl (C=O) groups is 1. The van der Waals surface area contributed by atoms with Crippen molar-refractivity contribution in [2.24, 2.45) is 9.50 Å². The highest BCUT2D eigenvalue weighted by Gasteiger charge is 2.29. The first-order valence-electron chi connectivity index (χ1n) is 12.1. The van der Waals surface area contributed by atoms with Crippen LogP contribution in [0, 0.1) is 11.3 Å². The van der Waals surface area contributed by atoms with Crippen molar-refractivity contribution in [1.29, 1.82) is 5.26 Å². The number of carbonyl (C=O) groups excluding carboxylic acids is 1. The maximum absolute atomic E-state index is 12.9. The lowest BCUT2D eigenvalue weighted by Gasteiger charge is -2.34. The van der Waals surface area contributed by atoms with E-state index in [1.807, 2.05) is 48.5 Å². The molecule has 0 saturated heterocycles. The third kappa shape index (κ3) is 6.08. The summed E-state index contributed by atoms with van der Waals surface area (Å²) in [5.74, 6) is -0.218. The van der Waals surface area contributed by atoms with E-state index in [0.717, 1.165) is 40.8 Å². The molecule has 1 atom stereocenters. The van der Waals surface area contributed by atoms with E-state index in [4.69, 9.17) is 5.14 Å². The second-order valence-corrected chi connectivity index (χ2v) is 11.3. The number of anilines is 4. The Hall–Kier alpha value is -4.46. The number of hydrogen-bond donors (Lipinski definition) is 4. The minimum absolute atomic E-state index is 0.0163. The number of nitrogens with two attached hydrogens (primary N) is 1. The number of rotatable bonds is 7. The van der Waals surface area contributed by atoms with Crippen LogP contribution in [0.1, 0.15) is 28.8 Å². The van der Waals surface area contributed by atoms with Gasteiger partial charge < -0.3 is 16.0 Å². The molecule has 0 aliphatic heterocycles. The molecule has 5 N–H and O–H groups in total. The first-order chi connectivity index (χ1) is 18.3. The van der Waals surface area contributed by atoms with Crippen LogP contribution in [0.15, 0.2) is 83.4 Å². The molecular weight excluding hydrogens is 498 g/mol. The van der Waals surface area contributed by atoms with Crippen molar-refractivity contribution in [2.45, 2.75) is 24.9 Å². The Bertz CT molecular complexity index is 1660. The summed E-state index contributed by atoms with van der Waals surface area (Å²) in [6.45, 7) is 0. The molecule has 1 saturated carbocycles. The van der Waals surface area contributed by atoms with Crippen molar-refractivity contribution in [2.75, 3.05) is 22.2 Å². The second kappa shape index (κ2) is 10.5. The van der Waals surface area contributed by atoms with Gasteiger partial charge in [-0.1, -0.05) is 6.07 Å². The monoisotopic (exact) mass is 525 g/mol. The van der Waals surface area contributed by atoms with Gasteiger partial charge in [-0.25, -0.2) is 13.7 Å². The van der Waals surface area contributed by atoms with E-state index in [1.165, 1.54) is 6.26 Å². The first kappa shape index (κ1) is 25.2. The van der Waals surface area contributed by atoms with Gasteiger partial charge in [-0.05, 0) is 79.6 Å². The molecule has 1 amide bonds. The second-order valence-electron chi connectivity index (χ2n) is 9.37. The molecular formula is C28H27N7O2S. The van der Waals surface area contributed by atoms with E-state index in [1.54, 1.807) is 30.5 Å². The molecule has 1 fully saturated rings. The molecule has 4 aromatic rings. The van der Waals surface area contributed by atoms with E-state index in [-0.39, 0.29) is 18.0 Å². The minimum Gasteiger partial charge on any atom is -0.382 e. The number of hydrogen-bond acceptors (Lipinski definition) is 7. The Morgan fingerprint density at radius 1 is 1.05 bits per heavy atom. The third-order valence-electron chi connectivity index (χ3n) is 6.26. The number of nitriles is 1. The maximum Gasteiger partial charge on any atom is 0.255 e. The lowest BCUT2D eigenvalue weighted by molar-refractivity contribution is 0.102. The molecule has 1 aliphatic rings. The fraction of sp³-hybridized carbons (Fsp3) is 0.179. The van der Waals surface area contributed by atoms with E-state index in [2.05, 4.69) is 31.4 Å². The van der Waals surface area contributed by atoms with Crippen molar-refractivity contribution in [1.82, 2.24) is 4.98 Å². The molecule has 0 radical (unpaired) electrons. The normalized spacial score (nSPS) is 17.9. The summed E-state index contributed by atoms with van der Waals surface area (Å²) in [4.78, 5) is 17.2. The molecule has 1 unspecified atom stereocenters. The topological polar surface area (TPSA) is 145 Å². The average Bonchev–Trinajstić information content (AvgIpc) is 2.87. The lowest BCUT2D eigenvalue weighted by Crippen LogP contribution is -2.39. The van der Waals surface area contributed by atoms with E-state index < -0.39 is 9.92 Å². The van der Waals surface area contributed by atoms with Gasteiger partial charge in [-0.3, -0.25) is 9.78 Å². The SMILES string of the molecule is CS(N)(=O)=NC1CC(Nc2cccc(NC(=O)c3ccc(Nc4ccnc5ccc(C#N)cc45)cc3)c2)C1. The number of benzene rings is 3. The molecule has 3 aromatic carbocycles. The van der Waals surface area contributed by atoms with Crippen LogP contribution < -0.4 is 21.1 Å². The number of fused-ring (bicyclic) bond motifs is 1. The number of aromatic nitrogens is 1. The Labute approximate surface area is 221 Å². The zero-order valence-corrected chi connectivity index (χ0v) is 21.5. The number of amides is 1. The highest BCUT2D eigenvalue weighted by Crippen LogP contribution is 2.29. The van der Waals surface area contributed by atoms with Crippen LogP contribution in [0.25, 0.3) is 10.9 Å². The Morgan fingerprint density at radius 3 is 2.55 bits per heavy atom. The van der Waals surface area contributed by atoms with Gasteiger partial charge in [0.25, 0.3) is 5.91 Å².